The fraction of sp³-hybridized carbons (Fsp3) is 0.571. The standard InChI is InChI=1S/C14H20FNO2S/c1-11(2)9-10-16(13-5-6-13)19(17,18)14-7-3-12(15)4-8-14/h3-4,7-8,11,13H,5-6,9-10H2,1-2H3. The van der Waals surface area contributed by atoms with E-state index < -0.39 is 15.8 Å². The first-order valence-corrected chi connectivity index (χ1v) is 8.12. The number of halogens is 1. The number of rotatable bonds is 6. The zero-order chi connectivity index (χ0) is 14.0. The predicted molar refractivity (Wildman–Crippen MR) is 72.8 cm³/mol. The summed E-state index contributed by atoms with van der Waals surface area (Å²) in [6.07, 6.45) is 2.70. The van der Waals surface area contributed by atoms with Crippen LogP contribution in [0.3, 0.4) is 0 Å². The van der Waals surface area contributed by atoms with E-state index in [1.54, 1.807) is 4.31 Å². The van der Waals surface area contributed by atoms with Crippen molar-refractivity contribution in [2.45, 2.75) is 44.0 Å². The van der Waals surface area contributed by atoms with E-state index in [1.807, 2.05) is 0 Å². The Hall–Kier alpha value is -0.940. The van der Waals surface area contributed by atoms with E-state index in [4.69, 9.17) is 0 Å². The lowest BCUT2D eigenvalue weighted by atomic mass is 10.1. The molecule has 106 valence electrons. The van der Waals surface area contributed by atoms with Crippen molar-refractivity contribution < 1.29 is 12.8 Å². The molecule has 0 unspecified atom stereocenters. The van der Waals surface area contributed by atoms with Gasteiger partial charge in [-0.2, -0.15) is 4.31 Å². The van der Waals surface area contributed by atoms with Crippen LogP contribution in [0.15, 0.2) is 29.2 Å². The summed E-state index contributed by atoms with van der Waals surface area (Å²) in [5, 5.41) is 0. The molecule has 1 aliphatic carbocycles. The molecule has 0 N–H and O–H groups in total. The fourth-order valence-electron chi connectivity index (χ4n) is 1.99. The molecule has 2 rings (SSSR count). The lowest BCUT2D eigenvalue weighted by Gasteiger charge is -2.22. The zero-order valence-corrected chi connectivity index (χ0v) is 12.2. The molecular formula is C14H20FNO2S. The van der Waals surface area contributed by atoms with Crippen molar-refractivity contribution in [2.75, 3.05) is 6.54 Å². The summed E-state index contributed by atoms with van der Waals surface area (Å²) in [6.45, 7) is 4.70. The minimum atomic E-state index is -3.48. The third kappa shape index (κ3) is 3.54. The third-order valence-corrected chi connectivity index (χ3v) is 5.27. The van der Waals surface area contributed by atoms with Gasteiger partial charge in [0.15, 0.2) is 0 Å². The second-order valence-corrected chi connectivity index (χ2v) is 7.37. The van der Waals surface area contributed by atoms with Gasteiger partial charge in [0.2, 0.25) is 10.0 Å². The van der Waals surface area contributed by atoms with Crippen molar-refractivity contribution in [3.05, 3.63) is 30.1 Å². The molecule has 0 amide bonds. The molecule has 5 heteroatoms. The Morgan fingerprint density at radius 3 is 2.32 bits per heavy atom. The molecule has 0 bridgehead atoms. The molecule has 0 saturated heterocycles. The van der Waals surface area contributed by atoms with E-state index in [1.165, 1.54) is 24.3 Å². The molecular weight excluding hydrogens is 265 g/mol. The summed E-state index contributed by atoms with van der Waals surface area (Å²) >= 11 is 0. The van der Waals surface area contributed by atoms with Gasteiger partial charge in [-0.3, -0.25) is 0 Å². The molecule has 0 spiro atoms. The fourth-order valence-corrected chi connectivity index (χ4v) is 3.69. The van der Waals surface area contributed by atoms with E-state index in [0.29, 0.717) is 12.5 Å². The van der Waals surface area contributed by atoms with Crippen LogP contribution in [0, 0.1) is 11.7 Å². The monoisotopic (exact) mass is 285 g/mol. The number of sulfonamides is 1. The summed E-state index contributed by atoms with van der Waals surface area (Å²) < 4.78 is 39.6. The molecule has 0 atom stereocenters. The molecule has 1 saturated carbocycles. The van der Waals surface area contributed by atoms with Crippen molar-refractivity contribution in [3.8, 4) is 0 Å². The highest BCUT2D eigenvalue weighted by atomic mass is 32.2. The average Bonchev–Trinajstić information content (AvgIpc) is 3.13. The van der Waals surface area contributed by atoms with Gasteiger partial charge in [-0.25, -0.2) is 12.8 Å². The maximum absolute atomic E-state index is 12.9. The van der Waals surface area contributed by atoms with Gasteiger partial charge in [0.05, 0.1) is 4.90 Å². The van der Waals surface area contributed by atoms with Crippen molar-refractivity contribution >= 4 is 10.0 Å². The Kier molecular flexibility index (Phi) is 4.26. The maximum atomic E-state index is 12.9. The minimum Gasteiger partial charge on any atom is -0.207 e. The quantitative estimate of drug-likeness (QED) is 0.805. The van der Waals surface area contributed by atoms with Crippen LogP contribution in [0.1, 0.15) is 33.1 Å². The van der Waals surface area contributed by atoms with Crippen molar-refractivity contribution in [3.63, 3.8) is 0 Å². The van der Waals surface area contributed by atoms with Crippen molar-refractivity contribution in [1.29, 1.82) is 0 Å². The lowest BCUT2D eigenvalue weighted by molar-refractivity contribution is 0.373. The highest BCUT2D eigenvalue weighted by Crippen LogP contribution is 2.32. The van der Waals surface area contributed by atoms with Crippen LogP contribution in [-0.4, -0.2) is 25.3 Å². The Balaban J connectivity index is 2.21. The minimum absolute atomic E-state index is 0.133. The molecule has 1 aliphatic rings. The zero-order valence-electron chi connectivity index (χ0n) is 11.3. The van der Waals surface area contributed by atoms with E-state index in [9.17, 15) is 12.8 Å². The Bertz CT molecular complexity index is 521. The first kappa shape index (κ1) is 14.5. The summed E-state index contributed by atoms with van der Waals surface area (Å²) in [4.78, 5) is 0.185. The molecule has 0 radical (unpaired) electrons. The van der Waals surface area contributed by atoms with E-state index >= 15 is 0 Å². The van der Waals surface area contributed by atoms with Gasteiger partial charge in [0.25, 0.3) is 0 Å². The topological polar surface area (TPSA) is 37.4 Å². The number of benzene rings is 1. The van der Waals surface area contributed by atoms with Gasteiger partial charge in [-0.15, -0.1) is 0 Å². The lowest BCUT2D eigenvalue weighted by Crippen LogP contribution is -2.34. The van der Waals surface area contributed by atoms with Crippen LogP contribution in [0.4, 0.5) is 4.39 Å². The molecule has 19 heavy (non-hydrogen) atoms. The maximum Gasteiger partial charge on any atom is 0.243 e. The third-order valence-electron chi connectivity index (χ3n) is 3.30. The summed E-state index contributed by atoms with van der Waals surface area (Å²) in [7, 11) is -3.48. The summed E-state index contributed by atoms with van der Waals surface area (Å²) in [6, 6.07) is 5.21. The van der Waals surface area contributed by atoms with Gasteiger partial charge >= 0.3 is 0 Å². The molecule has 1 fully saturated rings. The van der Waals surface area contributed by atoms with E-state index in [2.05, 4.69) is 13.8 Å². The van der Waals surface area contributed by atoms with Crippen LogP contribution >= 0.6 is 0 Å². The Morgan fingerprint density at radius 2 is 1.84 bits per heavy atom. The van der Waals surface area contributed by atoms with Gasteiger partial charge < -0.3 is 0 Å². The molecule has 0 heterocycles. The van der Waals surface area contributed by atoms with E-state index in [0.717, 1.165) is 19.3 Å². The Morgan fingerprint density at radius 1 is 1.26 bits per heavy atom. The van der Waals surface area contributed by atoms with Crippen LogP contribution in [0.25, 0.3) is 0 Å². The second kappa shape index (κ2) is 5.59. The highest BCUT2D eigenvalue weighted by molar-refractivity contribution is 7.89. The van der Waals surface area contributed by atoms with Crippen molar-refractivity contribution in [1.82, 2.24) is 4.31 Å². The largest absolute Gasteiger partial charge is 0.243 e. The number of hydrogen-bond acceptors (Lipinski definition) is 2. The van der Waals surface area contributed by atoms with Crippen LogP contribution in [0.2, 0.25) is 0 Å². The predicted octanol–water partition coefficient (Wildman–Crippen LogP) is 3.02. The molecule has 1 aromatic carbocycles. The first-order chi connectivity index (χ1) is 8.91. The number of nitrogens with zero attached hydrogens (tertiary/aromatic N) is 1. The Labute approximate surface area is 114 Å². The van der Waals surface area contributed by atoms with Gasteiger partial charge in [-0.05, 0) is 49.4 Å². The van der Waals surface area contributed by atoms with Crippen molar-refractivity contribution in [2.24, 2.45) is 5.92 Å². The molecule has 1 aromatic rings. The smallest absolute Gasteiger partial charge is 0.207 e. The van der Waals surface area contributed by atoms with Gasteiger partial charge in [0, 0.05) is 12.6 Å². The van der Waals surface area contributed by atoms with Crippen LogP contribution < -0.4 is 0 Å². The average molecular weight is 285 g/mol. The molecule has 3 nitrogen and oxygen atoms in total. The molecule has 0 aromatic heterocycles. The second-order valence-electron chi connectivity index (χ2n) is 5.48. The normalized spacial score (nSPS) is 16.3. The SMILES string of the molecule is CC(C)CCN(C1CC1)S(=O)(=O)c1ccc(F)cc1. The van der Waals surface area contributed by atoms with Gasteiger partial charge in [-0.1, -0.05) is 13.8 Å². The highest BCUT2D eigenvalue weighted by Gasteiger charge is 2.37. The van der Waals surface area contributed by atoms with Crippen LogP contribution in [-0.2, 0) is 10.0 Å². The van der Waals surface area contributed by atoms with Gasteiger partial charge in [0.1, 0.15) is 5.82 Å². The summed E-state index contributed by atoms with van der Waals surface area (Å²) in [5.74, 6) is 0.0452. The summed E-state index contributed by atoms with van der Waals surface area (Å²) in [5.41, 5.74) is 0. The van der Waals surface area contributed by atoms with Crippen LogP contribution in [0.5, 0.6) is 0 Å². The first-order valence-electron chi connectivity index (χ1n) is 6.68. The number of hydrogen-bond donors (Lipinski definition) is 0. The van der Waals surface area contributed by atoms with E-state index in [-0.39, 0.29) is 10.9 Å². The molecule has 0 aliphatic heterocycles.